The lowest BCUT2D eigenvalue weighted by atomic mass is 9.98. The van der Waals surface area contributed by atoms with Crippen molar-refractivity contribution in [3.8, 4) is 11.1 Å². The lowest BCUT2D eigenvalue weighted by molar-refractivity contribution is 0.556. The number of nitrogens with one attached hydrogen (secondary N) is 1. The summed E-state index contributed by atoms with van der Waals surface area (Å²) < 4.78 is 36.6. The third kappa shape index (κ3) is 2.18. The number of nitrogen functional groups attached to an aromatic ring is 1. The van der Waals surface area contributed by atoms with E-state index in [1.165, 1.54) is 19.9 Å². The molecular weight excluding hydrogens is 281 g/mol. The summed E-state index contributed by atoms with van der Waals surface area (Å²) in [6, 6.07) is 6.04. The van der Waals surface area contributed by atoms with Gasteiger partial charge in [0.05, 0.1) is 11.3 Å². The summed E-state index contributed by atoms with van der Waals surface area (Å²) in [5.74, 6) is -0.409. The zero-order chi connectivity index (χ0) is 15.1. The van der Waals surface area contributed by atoms with Gasteiger partial charge in [0, 0.05) is 11.8 Å². The smallest absolute Gasteiger partial charge is 0.158 e. The van der Waals surface area contributed by atoms with Crippen molar-refractivity contribution in [3.63, 3.8) is 0 Å². The first-order valence-corrected chi connectivity index (χ1v) is 7.84. The number of halogens is 1. The number of nitrogens with two attached hydrogens (primary N) is 1. The summed E-state index contributed by atoms with van der Waals surface area (Å²) in [6.45, 7) is 3.05. The number of hydrogen-bond acceptors (Lipinski definition) is 4. The van der Waals surface area contributed by atoms with Crippen LogP contribution in [0.1, 0.15) is 19.5 Å². The highest BCUT2D eigenvalue weighted by Crippen LogP contribution is 2.38. The molecule has 2 rings (SSSR count). The molecule has 5 nitrogen and oxygen atoms in total. The molecule has 0 unspecified atom stereocenters. The van der Waals surface area contributed by atoms with Gasteiger partial charge in [-0.1, -0.05) is 18.2 Å². The van der Waals surface area contributed by atoms with E-state index in [9.17, 15) is 12.8 Å². The second-order valence-corrected chi connectivity index (χ2v) is 7.69. The Morgan fingerprint density at radius 1 is 1.30 bits per heavy atom. The molecule has 1 heterocycles. The van der Waals surface area contributed by atoms with Crippen molar-refractivity contribution in [3.05, 3.63) is 35.8 Å². The van der Waals surface area contributed by atoms with Crippen molar-refractivity contribution in [2.45, 2.75) is 18.6 Å². The second kappa shape index (κ2) is 4.59. The number of hydrogen-bond donors (Lipinski definition) is 2. The van der Waals surface area contributed by atoms with Crippen molar-refractivity contribution < 1.29 is 12.8 Å². The lowest BCUT2D eigenvalue weighted by Crippen LogP contribution is -2.29. The van der Waals surface area contributed by atoms with Gasteiger partial charge in [0.2, 0.25) is 0 Å². The van der Waals surface area contributed by atoms with Gasteiger partial charge in [0.15, 0.2) is 15.7 Å². The predicted octanol–water partition coefficient (Wildman–Crippen LogP) is 2.08. The first-order chi connectivity index (χ1) is 9.16. The Balaban J connectivity index is 2.75. The van der Waals surface area contributed by atoms with Crippen molar-refractivity contribution >= 4 is 15.7 Å². The fourth-order valence-corrected chi connectivity index (χ4v) is 2.43. The van der Waals surface area contributed by atoms with Gasteiger partial charge in [0.25, 0.3) is 0 Å². The molecule has 0 amide bonds. The molecule has 0 aliphatic carbocycles. The molecule has 1 aromatic carbocycles. The van der Waals surface area contributed by atoms with Crippen molar-refractivity contribution in [2.75, 3.05) is 12.0 Å². The minimum absolute atomic E-state index is 0.0711. The van der Waals surface area contributed by atoms with Gasteiger partial charge in [-0.15, -0.1) is 0 Å². The Bertz CT molecular complexity index is 751. The molecule has 0 saturated carbocycles. The molecule has 7 heteroatoms. The second-order valence-electron chi connectivity index (χ2n) is 5.12. The third-order valence-electron chi connectivity index (χ3n) is 3.47. The highest BCUT2D eigenvalue weighted by molar-refractivity contribution is 7.91. The van der Waals surface area contributed by atoms with E-state index in [4.69, 9.17) is 5.73 Å². The number of aromatic amines is 1. The van der Waals surface area contributed by atoms with Gasteiger partial charge in [0.1, 0.15) is 10.6 Å². The molecule has 2 aromatic rings. The van der Waals surface area contributed by atoms with Gasteiger partial charge in [-0.3, -0.25) is 5.10 Å². The van der Waals surface area contributed by atoms with Crippen LogP contribution >= 0.6 is 0 Å². The summed E-state index contributed by atoms with van der Waals surface area (Å²) >= 11 is 0. The fraction of sp³-hybridized carbons (Fsp3) is 0.308. The van der Waals surface area contributed by atoms with Gasteiger partial charge >= 0.3 is 0 Å². The number of nitrogens with zero attached hydrogens (tertiary/aromatic N) is 1. The molecule has 0 fully saturated rings. The predicted molar refractivity (Wildman–Crippen MR) is 76.3 cm³/mol. The number of benzene rings is 1. The first kappa shape index (κ1) is 14.5. The highest BCUT2D eigenvalue weighted by Gasteiger charge is 2.37. The van der Waals surface area contributed by atoms with Crippen LogP contribution in [0.4, 0.5) is 10.2 Å². The topological polar surface area (TPSA) is 88.8 Å². The van der Waals surface area contributed by atoms with Crippen LogP contribution in [-0.4, -0.2) is 24.9 Å². The summed E-state index contributed by atoms with van der Waals surface area (Å²) in [7, 11) is -3.43. The van der Waals surface area contributed by atoms with Gasteiger partial charge in [-0.25, -0.2) is 12.8 Å². The van der Waals surface area contributed by atoms with E-state index < -0.39 is 20.4 Å². The average molecular weight is 297 g/mol. The van der Waals surface area contributed by atoms with Gasteiger partial charge < -0.3 is 5.73 Å². The highest BCUT2D eigenvalue weighted by atomic mass is 32.2. The van der Waals surface area contributed by atoms with Crippen LogP contribution in [0.15, 0.2) is 24.3 Å². The van der Waals surface area contributed by atoms with E-state index in [1.807, 2.05) is 0 Å². The minimum Gasteiger partial charge on any atom is -0.382 e. The molecule has 0 spiro atoms. The van der Waals surface area contributed by atoms with E-state index in [1.54, 1.807) is 18.2 Å². The molecule has 0 aliphatic heterocycles. The fourth-order valence-electron chi connectivity index (χ4n) is 1.91. The molecule has 0 radical (unpaired) electrons. The molecule has 0 atom stereocenters. The Morgan fingerprint density at radius 3 is 2.45 bits per heavy atom. The van der Waals surface area contributed by atoms with E-state index >= 15 is 0 Å². The molecule has 108 valence electrons. The van der Waals surface area contributed by atoms with Crippen molar-refractivity contribution in [2.24, 2.45) is 0 Å². The van der Waals surface area contributed by atoms with E-state index in [2.05, 4.69) is 10.2 Å². The molecule has 3 N–H and O–H groups in total. The lowest BCUT2D eigenvalue weighted by Gasteiger charge is -2.22. The zero-order valence-electron chi connectivity index (χ0n) is 11.4. The maximum Gasteiger partial charge on any atom is 0.158 e. The number of rotatable bonds is 3. The SMILES string of the molecule is CC(C)(c1[nH]nc(N)c1-c1ccccc1F)S(C)(=O)=O. The van der Waals surface area contributed by atoms with Crippen LogP contribution in [0, 0.1) is 5.82 Å². The van der Waals surface area contributed by atoms with Crippen LogP contribution in [0.25, 0.3) is 11.1 Å². The number of aromatic nitrogens is 2. The van der Waals surface area contributed by atoms with E-state index in [0.717, 1.165) is 6.26 Å². The van der Waals surface area contributed by atoms with E-state index in [0.29, 0.717) is 5.56 Å². The van der Waals surface area contributed by atoms with Gasteiger partial charge in [-0.2, -0.15) is 5.10 Å². The molecule has 1 aromatic heterocycles. The van der Waals surface area contributed by atoms with E-state index in [-0.39, 0.29) is 17.1 Å². The minimum atomic E-state index is -3.43. The quantitative estimate of drug-likeness (QED) is 0.907. The summed E-state index contributed by atoms with van der Waals surface area (Å²) in [5.41, 5.74) is 6.58. The average Bonchev–Trinajstić information content (AvgIpc) is 2.71. The largest absolute Gasteiger partial charge is 0.382 e. The van der Waals surface area contributed by atoms with Crippen molar-refractivity contribution in [1.82, 2.24) is 10.2 Å². The first-order valence-electron chi connectivity index (χ1n) is 5.95. The molecular formula is C13H16FN3O2S. The third-order valence-corrected chi connectivity index (χ3v) is 5.52. The van der Waals surface area contributed by atoms with Crippen LogP contribution in [0.2, 0.25) is 0 Å². The summed E-state index contributed by atoms with van der Waals surface area (Å²) in [6.07, 6.45) is 1.12. The van der Waals surface area contributed by atoms with Crippen LogP contribution in [0.3, 0.4) is 0 Å². The van der Waals surface area contributed by atoms with Crippen molar-refractivity contribution in [1.29, 1.82) is 0 Å². The van der Waals surface area contributed by atoms with Gasteiger partial charge in [-0.05, 0) is 19.9 Å². The Hall–Kier alpha value is -1.89. The standard InChI is InChI=1S/C13H16FN3O2S/c1-13(2,20(3,18)19)11-10(12(15)17-16-11)8-6-4-5-7-9(8)14/h4-7H,1-3H3,(H3,15,16,17). The normalized spacial score (nSPS) is 12.6. The van der Waals surface area contributed by atoms with Crippen LogP contribution < -0.4 is 5.73 Å². The number of anilines is 1. The molecule has 0 saturated heterocycles. The number of sulfone groups is 1. The zero-order valence-corrected chi connectivity index (χ0v) is 12.3. The summed E-state index contributed by atoms with van der Waals surface area (Å²) in [5, 5.41) is 6.46. The molecule has 20 heavy (non-hydrogen) atoms. The maximum atomic E-state index is 14.0. The molecule has 0 aliphatic rings. The Kier molecular flexibility index (Phi) is 3.33. The maximum absolute atomic E-state index is 14.0. The van der Waals surface area contributed by atoms with Crippen LogP contribution in [-0.2, 0) is 14.6 Å². The number of H-pyrrole nitrogens is 1. The monoisotopic (exact) mass is 297 g/mol. The van der Waals surface area contributed by atoms with Crippen LogP contribution in [0.5, 0.6) is 0 Å². The Labute approximate surface area is 116 Å². The summed E-state index contributed by atoms with van der Waals surface area (Å²) in [4.78, 5) is 0. The molecule has 0 bridgehead atoms. The Morgan fingerprint density at radius 2 is 1.90 bits per heavy atom.